The Morgan fingerprint density at radius 1 is 1.33 bits per heavy atom. The maximum absolute atomic E-state index is 11.7. The Hall–Kier alpha value is -1.71. The van der Waals surface area contributed by atoms with Crippen LogP contribution >= 0.6 is 0 Å². The van der Waals surface area contributed by atoms with Crippen molar-refractivity contribution < 1.29 is 9.53 Å². The average molecular weight is 248 g/mol. The quantitative estimate of drug-likeness (QED) is 0.887. The van der Waals surface area contributed by atoms with Crippen LogP contribution in [-0.2, 0) is 4.79 Å². The maximum Gasteiger partial charge on any atom is 0.239 e. The molecule has 0 unspecified atom stereocenters. The molecule has 98 valence electrons. The van der Waals surface area contributed by atoms with Gasteiger partial charge in [0.15, 0.2) is 0 Å². The standard InChI is InChI=1S/C14H20N2O2/c1-4-18-12-7-5-11(6-8-12)16-9-13(17)15-14(2,3)10-16/h5-8H,4,9-10H2,1-3H3,(H,15,17). The molecule has 0 aliphatic carbocycles. The van der Waals surface area contributed by atoms with E-state index in [2.05, 4.69) is 10.2 Å². The number of piperazine rings is 1. The van der Waals surface area contributed by atoms with Crippen molar-refractivity contribution in [3.8, 4) is 5.75 Å². The number of ether oxygens (including phenoxy) is 1. The highest BCUT2D eigenvalue weighted by atomic mass is 16.5. The van der Waals surface area contributed by atoms with Gasteiger partial charge in [0.05, 0.1) is 18.7 Å². The number of benzene rings is 1. The van der Waals surface area contributed by atoms with E-state index in [0.717, 1.165) is 18.0 Å². The zero-order valence-electron chi connectivity index (χ0n) is 11.2. The first-order valence-electron chi connectivity index (χ1n) is 6.29. The molecular weight excluding hydrogens is 228 g/mol. The van der Waals surface area contributed by atoms with Crippen LogP contribution in [0.25, 0.3) is 0 Å². The van der Waals surface area contributed by atoms with E-state index in [1.807, 2.05) is 45.0 Å². The van der Waals surface area contributed by atoms with E-state index in [-0.39, 0.29) is 11.4 Å². The summed E-state index contributed by atoms with van der Waals surface area (Å²) in [4.78, 5) is 13.7. The van der Waals surface area contributed by atoms with Crippen molar-refractivity contribution in [2.75, 3.05) is 24.6 Å². The molecule has 1 aliphatic rings. The minimum Gasteiger partial charge on any atom is -0.494 e. The van der Waals surface area contributed by atoms with Crippen molar-refractivity contribution in [2.45, 2.75) is 26.3 Å². The molecule has 1 N–H and O–H groups in total. The third-order valence-corrected chi connectivity index (χ3v) is 2.91. The van der Waals surface area contributed by atoms with Crippen LogP contribution in [0, 0.1) is 0 Å². The molecule has 1 aromatic rings. The van der Waals surface area contributed by atoms with Crippen molar-refractivity contribution in [1.29, 1.82) is 0 Å². The summed E-state index contributed by atoms with van der Waals surface area (Å²) in [7, 11) is 0. The lowest BCUT2D eigenvalue weighted by molar-refractivity contribution is -0.122. The first kappa shape index (κ1) is 12.7. The molecule has 0 aromatic heterocycles. The van der Waals surface area contributed by atoms with Gasteiger partial charge in [-0.1, -0.05) is 0 Å². The van der Waals surface area contributed by atoms with Crippen LogP contribution < -0.4 is 15.0 Å². The van der Waals surface area contributed by atoms with Gasteiger partial charge in [0.1, 0.15) is 5.75 Å². The summed E-state index contributed by atoms with van der Waals surface area (Å²) >= 11 is 0. The maximum atomic E-state index is 11.7. The van der Waals surface area contributed by atoms with Crippen LogP contribution in [0.2, 0.25) is 0 Å². The number of nitrogens with one attached hydrogen (secondary N) is 1. The largest absolute Gasteiger partial charge is 0.494 e. The molecule has 0 saturated carbocycles. The van der Waals surface area contributed by atoms with Crippen LogP contribution in [0.5, 0.6) is 5.75 Å². The van der Waals surface area contributed by atoms with Crippen molar-refractivity contribution in [3.63, 3.8) is 0 Å². The zero-order valence-corrected chi connectivity index (χ0v) is 11.2. The van der Waals surface area contributed by atoms with E-state index in [0.29, 0.717) is 13.2 Å². The summed E-state index contributed by atoms with van der Waals surface area (Å²) in [6.07, 6.45) is 0. The number of carbonyl (C=O) groups excluding carboxylic acids is 1. The van der Waals surface area contributed by atoms with Crippen molar-refractivity contribution >= 4 is 11.6 Å². The number of hydrogen-bond acceptors (Lipinski definition) is 3. The lowest BCUT2D eigenvalue weighted by atomic mass is 10.0. The summed E-state index contributed by atoms with van der Waals surface area (Å²) in [5, 5.41) is 2.98. The van der Waals surface area contributed by atoms with Gasteiger partial charge >= 0.3 is 0 Å². The second-order valence-corrected chi connectivity index (χ2v) is 5.22. The Balaban J connectivity index is 2.13. The summed E-state index contributed by atoms with van der Waals surface area (Å²) < 4.78 is 5.41. The molecule has 1 saturated heterocycles. The normalized spacial score (nSPS) is 18.4. The average Bonchev–Trinajstić information content (AvgIpc) is 2.27. The van der Waals surface area contributed by atoms with Gasteiger partial charge in [-0.2, -0.15) is 0 Å². The number of hydrogen-bond donors (Lipinski definition) is 1. The van der Waals surface area contributed by atoms with Gasteiger partial charge in [-0.25, -0.2) is 0 Å². The predicted octanol–water partition coefficient (Wildman–Crippen LogP) is 1.80. The summed E-state index contributed by atoms with van der Waals surface area (Å²) in [5.41, 5.74) is 0.870. The molecule has 1 amide bonds. The predicted molar refractivity (Wildman–Crippen MR) is 72.0 cm³/mol. The van der Waals surface area contributed by atoms with Gasteiger partial charge in [0.2, 0.25) is 5.91 Å². The SMILES string of the molecule is CCOc1ccc(N2CC(=O)NC(C)(C)C2)cc1. The van der Waals surface area contributed by atoms with Crippen LogP contribution in [0.3, 0.4) is 0 Å². The third-order valence-electron chi connectivity index (χ3n) is 2.91. The Bertz CT molecular complexity index is 426. The molecule has 18 heavy (non-hydrogen) atoms. The van der Waals surface area contributed by atoms with E-state index >= 15 is 0 Å². The fourth-order valence-electron chi connectivity index (χ4n) is 2.27. The number of carbonyl (C=O) groups is 1. The fourth-order valence-corrected chi connectivity index (χ4v) is 2.27. The molecule has 0 radical (unpaired) electrons. The molecule has 2 rings (SSSR count). The molecule has 1 fully saturated rings. The molecule has 0 atom stereocenters. The topological polar surface area (TPSA) is 41.6 Å². The molecule has 0 bridgehead atoms. The summed E-state index contributed by atoms with van der Waals surface area (Å²) in [5.74, 6) is 0.933. The first-order chi connectivity index (χ1) is 8.50. The van der Waals surface area contributed by atoms with Gasteiger partial charge in [-0.15, -0.1) is 0 Å². The molecule has 1 aromatic carbocycles. The van der Waals surface area contributed by atoms with E-state index in [1.54, 1.807) is 0 Å². The highest BCUT2D eigenvalue weighted by molar-refractivity contribution is 5.83. The third kappa shape index (κ3) is 2.94. The van der Waals surface area contributed by atoms with Crippen molar-refractivity contribution in [2.24, 2.45) is 0 Å². The monoisotopic (exact) mass is 248 g/mol. The highest BCUT2D eigenvalue weighted by Crippen LogP contribution is 2.23. The van der Waals surface area contributed by atoms with Gasteiger partial charge in [-0.3, -0.25) is 4.79 Å². The molecule has 1 aliphatic heterocycles. The minimum atomic E-state index is -0.187. The van der Waals surface area contributed by atoms with Crippen LogP contribution in [0.4, 0.5) is 5.69 Å². The van der Waals surface area contributed by atoms with Gasteiger partial charge in [-0.05, 0) is 45.0 Å². The smallest absolute Gasteiger partial charge is 0.239 e. The van der Waals surface area contributed by atoms with E-state index in [1.165, 1.54) is 0 Å². The number of nitrogens with zero attached hydrogens (tertiary/aromatic N) is 1. The zero-order chi connectivity index (χ0) is 13.2. The highest BCUT2D eigenvalue weighted by Gasteiger charge is 2.30. The lowest BCUT2D eigenvalue weighted by Crippen LogP contribution is -2.60. The molecule has 1 heterocycles. The van der Waals surface area contributed by atoms with Gasteiger partial charge in [0, 0.05) is 12.2 Å². The Kier molecular flexibility index (Phi) is 3.45. The number of rotatable bonds is 3. The second kappa shape index (κ2) is 4.88. The summed E-state index contributed by atoms with van der Waals surface area (Å²) in [6.45, 7) is 7.92. The van der Waals surface area contributed by atoms with E-state index in [9.17, 15) is 4.79 Å². The van der Waals surface area contributed by atoms with Gasteiger partial charge < -0.3 is 15.0 Å². The Morgan fingerprint density at radius 3 is 2.56 bits per heavy atom. The van der Waals surface area contributed by atoms with E-state index in [4.69, 9.17) is 4.74 Å². The molecular formula is C14H20N2O2. The van der Waals surface area contributed by atoms with Gasteiger partial charge in [0.25, 0.3) is 0 Å². The minimum absolute atomic E-state index is 0.0696. The van der Waals surface area contributed by atoms with Crippen LogP contribution in [-0.4, -0.2) is 31.1 Å². The van der Waals surface area contributed by atoms with Crippen molar-refractivity contribution in [1.82, 2.24) is 5.32 Å². The Morgan fingerprint density at radius 2 is 2.00 bits per heavy atom. The molecule has 4 nitrogen and oxygen atoms in total. The number of amides is 1. The molecule has 4 heteroatoms. The Labute approximate surface area is 108 Å². The second-order valence-electron chi connectivity index (χ2n) is 5.22. The van der Waals surface area contributed by atoms with E-state index < -0.39 is 0 Å². The molecule has 0 spiro atoms. The number of anilines is 1. The van der Waals surface area contributed by atoms with Crippen molar-refractivity contribution in [3.05, 3.63) is 24.3 Å². The summed E-state index contributed by atoms with van der Waals surface area (Å²) in [6, 6.07) is 7.88. The van der Waals surface area contributed by atoms with Crippen LogP contribution in [0.1, 0.15) is 20.8 Å². The van der Waals surface area contributed by atoms with Crippen LogP contribution in [0.15, 0.2) is 24.3 Å². The first-order valence-corrected chi connectivity index (χ1v) is 6.29. The lowest BCUT2D eigenvalue weighted by Gasteiger charge is -2.39. The fraction of sp³-hybridized carbons (Fsp3) is 0.500.